The van der Waals surface area contributed by atoms with Gasteiger partial charge >= 0.3 is 0 Å². The molecule has 2 aromatic heterocycles. The molecule has 0 aliphatic heterocycles. The zero-order valence-corrected chi connectivity index (χ0v) is 11.6. The minimum atomic E-state index is 0.543. The van der Waals surface area contributed by atoms with E-state index in [1.165, 1.54) is 5.56 Å². The summed E-state index contributed by atoms with van der Waals surface area (Å²) in [6, 6.07) is 15.5. The lowest BCUT2D eigenvalue weighted by Crippen LogP contribution is -2.01. The summed E-state index contributed by atoms with van der Waals surface area (Å²) < 4.78 is 0. The fraction of sp³-hybridized carbons (Fsp3) is 0.0625. The van der Waals surface area contributed by atoms with Gasteiger partial charge in [-0.05, 0) is 42.8 Å². The molecule has 104 valence electrons. The lowest BCUT2D eigenvalue weighted by molar-refractivity contribution is 1.16. The minimum absolute atomic E-state index is 0.543. The van der Waals surface area contributed by atoms with Crippen molar-refractivity contribution in [3.63, 3.8) is 0 Å². The number of benzene rings is 1. The summed E-state index contributed by atoms with van der Waals surface area (Å²) in [6.45, 7) is 2.05. The predicted octanol–water partition coefficient (Wildman–Crippen LogP) is 3.67. The standard InChI is InChI=1S/C16H15N5/c1-12-5-4-6-13(11-12)19-16-18-10-8-15(21-16)20-14-7-2-3-9-17-14/h2-11H,1H3,(H2,17,18,19,20,21). The highest BCUT2D eigenvalue weighted by Gasteiger charge is 2.01. The molecular weight excluding hydrogens is 262 g/mol. The van der Waals surface area contributed by atoms with Gasteiger partial charge in [-0.2, -0.15) is 4.98 Å². The summed E-state index contributed by atoms with van der Waals surface area (Å²) in [5.41, 5.74) is 2.15. The number of pyridine rings is 1. The Kier molecular flexibility index (Phi) is 3.73. The maximum Gasteiger partial charge on any atom is 0.229 e. The van der Waals surface area contributed by atoms with Gasteiger partial charge in [0, 0.05) is 18.1 Å². The topological polar surface area (TPSA) is 62.7 Å². The number of nitrogens with one attached hydrogen (secondary N) is 2. The summed E-state index contributed by atoms with van der Waals surface area (Å²) in [4.78, 5) is 12.9. The number of aromatic nitrogens is 3. The van der Waals surface area contributed by atoms with E-state index in [1.54, 1.807) is 18.5 Å². The van der Waals surface area contributed by atoms with Gasteiger partial charge in [0.05, 0.1) is 0 Å². The van der Waals surface area contributed by atoms with Gasteiger partial charge in [-0.25, -0.2) is 9.97 Å². The molecule has 0 radical (unpaired) electrons. The zero-order chi connectivity index (χ0) is 14.5. The molecule has 2 heterocycles. The van der Waals surface area contributed by atoms with E-state index in [1.807, 2.05) is 49.4 Å². The first-order valence-electron chi connectivity index (χ1n) is 6.64. The van der Waals surface area contributed by atoms with Gasteiger partial charge in [-0.1, -0.05) is 18.2 Å². The van der Waals surface area contributed by atoms with Crippen LogP contribution in [0.5, 0.6) is 0 Å². The highest BCUT2D eigenvalue weighted by atomic mass is 15.2. The Morgan fingerprint density at radius 2 is 1.76 bits per heavy atom. The summed E-state index contributed by atoms with van der Waals surface area (Å²) in [7, 11) is 0. The van der Waals surface area contributed by atoms with Crippen molar-refractivity contribution in [2.45, 2.75) is 6.92 Å². The summed E-state index contributed by atoms with van der Waals surface area (Å²) in [6.07, 6.45) is 3.44. The van der Waals surface area contributed by atoms with Crippen molar-refractivity contribution in [3.05, 3.63) is 66.5 Å². The molecule has 2 N–H and O–H groups in total. The Hall–Kier alpha value is -2.95. The molecule has 0 spiro atoms. The molecule has 0 amide bonds. The monoisotopic (exact) mass is 277 g/mol. The van der Waals surface area contributed by atoms with Crippen molar-refractivity contribution in [2.75, 3.05) is 10.6 Å². The van der Waals surface area contributed by atoms with E-state index in [-0.39, 0.29) is 0 Å². The second-order valence-corrected chi connectivity index (χ2v) is 4.60. The van der Waals surface area contributed by atoms with Crippen molar-refractivity contribution in [1.82, 2.24) is 15.0 Å². The summed E-state index contributed by atoms with van der Waals surface area (Å²) >= 11 is 0. The van der Waals surface area contributed by atoms with Gasteiger partial charge in [0.1, 0.15) is 11.6 Å². The molecule has 5 heteroatoms. The van der Waals surface area contributed by atoms with Gasteiger partial charge in [-0.3, -0.25) is 0 Å². The van der Waals surface area contributed by atoms with Crippen molar-refractivity contribution in [2.24, 2.45) is 0 Å². The normalized spacial score (nSPS) is 10.1. The first-order valence-corrected chi connectivity index (χ1v) is 6.64. The average molecular weight is 277 g/mol. The lowest BCUT2D eigenvalue weighted by atomic mass is 10.2. The smallest absolute Gasteiger partial charge is 0.229 e. The highest BCUT2D eigenvalue weighted by molar-refractivity contribution is 5.57. The van der Waals surface area contributed by atoms with Gasteiger partial charge < -0.3 is 10.6 Å². The lowest BCUT2D eigenvalue weighted by Gasteiger charge is -2.08. The Morgan fingerprint density at radius 3 is 2.57 bits per heavy atom. The SMILES string of the molecule is Cc1cccc(Nc2nccc(Nc3ccccn3)n2)c1. The van der Waals surface area contributed by atoms with E-state index >= 15 is 0 Å². The quantitative estimate of drug-likeness (QED) is 0.762. The molecule has 5 nitrogen and oxygen atoms in total. The third-order valence-corrected chi connectivity index (χ3v) is 2.85. The van der Waals surface area contributed by atoms with E-state index in [2.05, 4.69) is 25.6 Å². The van der Waals surface area contributed by atoms with Crippen LogP contribution in [0.1, 0.15) is 5.56 Å². The van der Waals surface area contributed by atoms with Crippen LogP contribution in [-0.2, 0) is 0 Å². The van der Waals surface area contributed by atoms with Gasteiger partial charge in [0.25, 0.3) is 0 Å². The Morgan fingerprint density at radius 1 is 0.810 bits per heavy atom. The molecule has 0 unspecified atom stereocenters. The second kappa shape index (κ2) is 6.00. The van der Waals surface area contributed by atoms with E-state index in [4.69, 9.17) is 0 Å². The van der Waals surface area contributed by atoms with Gasteiger partial charge in [0.2, 0.25) is 5.95 Å². The molecule has 3 rings (SSSR count). The molecule has 21 heavy (non-hydrogen) atoms. The minimum Gasteiger partial charge on any atom is -0.325 e. The van der Waals surface area contributed by atoms with Crippen molar-refractivity contribution in [3.8, 4) is 0 Å². The predicted molar refractivity (Wildman–Crippen MR) is 84.0 cm³/mol. The third-order valence-electron chi connectivity index (χ3n) is 2.85. The van der Waals surface area contributed by atoms with Crippen LogP contribution < -0.4 is 10.6 Å². The molecule has 1 aromatic carbocycles. The van der Waals surface area contributed by atoms with E-state index in [9.17, 15) is 0 Å². The number of hydrogen-bond donors (Lipinski definition) is 2. The first-order chi connectivity index (χ1) is 10.3. The fourth-order valence-electron chi connectivity index (χ4n) is 1.91. The Labute approximate surface area is 123 Å². The van der Waals surface area contributed by atoms with E-state index < -0.39 is 0 Å². The van der Waals surface area contributed by atoms with Gasteiger partial charge in [0.15, 0.2) is 0 Å². The Bertz CT molecular complexity index is 727. The molecule has 3 aromatic rings. The maximum absolute atomic E-state index is 4.42. The van der Waals surface area contributed by atoms with Crippen LogP contribution in [0.3, 0.4) is 0 Å². The number of nitrogens with zero attached hydrogens (tertiary/aromatic N) is 3. The third kappa shape index (κ3) is 3.54. The Balaban J connectivity index is 1.77. The first kappa shape index (κ1) is 13.1. The summed E-state index contributed by atoms with van der Waals surface area (Å²) in [5.74, 6) is 1.98. The maximum atomic E-state index is 4.42. The van der Waals surface area contributed by atoms with E-state index in [0.717, 1.165) is 11.5 Å². The molecule has 0 saturated heterocycles. The van der Waals surface area contributed by atoms with E-state index in [0.29, 0.717) is 11.8 Å². The molecule has 0 aliphatic carbocycles. The van der Waals surface area contributed by atoms with Crippen LogP contribution in [-0.4, -0.2) is 15.0 Å². The van der Waals surface area contributed by atoms with Crippen LogP contribution in [0.4, 0.5) is 23.3 Å². The molecule has 0 fully saturated rings. The van der Waals surface area contributed by atoms with Gasteiger partial charge in [-0.15, -0.1) is 0 Å². The van der Waals surface area contributed by atoms with Crippen LogP contribution in [0.25, 0.3) is 0 Å². The zero-order valence-electron chi connectivity index (χ0n) is 11.6. The van der Waals surface area contributed by atoms with Crippen molar-refractivity contribution in [1.29, 1.82) is 0 Å². The van der Waals surface area contributed by atoms with Crippen LogP contribution in [0.15, 0.2) is 60.9 Å². The van der Waals surface area contributed by atoms with Crippen LogP contribution >= 0.6 is 0 Å². The number of hydrogen-bond acceptors (Lipinski definition) is 5. The molecule has 0 aliphatic rings. The molecule has 0 bridgehead atoms. The number of aryl methyl sites for hydroxylation is 1. The number of anilines is 4. The highest BCUT2D eigenvalue weighted by Crippen LogP contribution is 2.17. The average Bonchev–Trinajstić information content (AvgIpc) is 2.49. The second-order valence-electron chi connectivity index (χ2n) is 4.60. The molecule has 0 atom stereocenters. The molecule has 0 saturated carbocycles. The fourth-order valence-corrected chi connectivity index (χ4v) is 1.91. The molecular formula is C16H15N5. The summed E-state index contributed by atoms with van der Waals surface area (Å²) in [5, 5.41) is 6.33. The van der Waals surface area contributed by atoms with Crippen LogP contribution in [0.2, 0.25) is 0 Å². The van der Waals surface area contributed by atoms with Crippen molar-refractivity contribution < 1.29 is 0 Å². The van der Waals surface area contributed by atoms with Crippen LogP contribution in [0, 0.1) is 6.92 Å². The largest absolute Gasteiger partial charge is 0.325 e. The number of rotatable bonds is 4. The van der Waals surface area contributed by atoms with Crippen molar-refractivity contribution >= 4 is 23.3 Å².